The summed E-state index contributed by atoms with van der Waals surface area (Å²) in [6.45, 7) is 6.85. The molecule has 3 aromatic rings. The zero-order valence-electron chi connectivity index (χ0n) is 22.0. The Morgan fingerprint density at radius 3 is 2.54 bits per heavy atom. The zero-order valence-corrected chi connectivity index (χ0v) is 22.9. The molecule has 0 unspecified atom stereocenters. The third kappa shape index (κ3) is 6.89. The molecule has 2 aromatic carbocycles. The summed E-state index contributed by atoms with van der Waals surface area (Å²) in [7, 11) is -3.93. The molecule has 0 saturated heterocycles. The number of rotatable bonds is 10. The number of fused-ring (bicyclic) bond motifs is 2. The second-order valence-corrected chi connectivity index (χ2v) is 11.8. The van der Waals surface area contributed by atoms with E-state index in [9.17, 15) is 4.57 Å². The van der Waals surface area contributed by atoms with Gasteiger partial charge >= 0.3 is 7.60 Å². The molecule has 1 aromatic heterocycles. The van der Waals surface area contributed by atoms with Crippen LogP contribution < -0.4 is 21.0 Å². The molecule has 0 atom stereocenters. The van der Waals surface area contributed by atoms with Crippen molar-refractivity contribution >= 4 is 18.9 Å². The standard InChI is InChI=1S/C30H37N2O4P/c1-4-23-18-29(31)30-28(26-12-7-20(2)15-27(23)26)17-22(19-32-30)8-9-24-10-11-25(16-21(24)3)36-13-5-6-14-37(33,34)35/h7,10-12,15-17,19H,4-6,8-9,13-14,18,31H2,1-3H3,(H2,33,34,35). The number of unbranched alkanes of at least 4 members (excludes halogenated alkanes) is 1. The van der Waals surface area contributed by atoms with Crippen LogP contribution in [-0.2, 0) is 17.4 Å². The first-order valence-corrected chi connectivity index (χ1v) is 14.8. The largest absolute Gasteiger partial charge is 0.494 e. The van der Waals surface area contributed by atoms with Gasteiger partial charge in [-0.2, -0.15) is 0 Å². The highest BCUT2D eigenvalue weighted by Gasteiger charge is 2.12. The van der Waals surface area contributed by atoms with Crippen LogP contribution in [0.5, 0.6) is 5.75 Å². The number of nitrogens with zero attached hydrogens (tertiary/aromatic N) is 1. The number of aryl methyl sites for hydroxylation is 4. The minimum atomic E-state index is -3.93. The molecule has 1 heterocycles. The van der Waals surface area contributed by atoms with Crippen LogP contribution in [0.2, 0.25) is 0 Å². The van der Waals surface area contributed by atoms with Crippen LogP contribution in [0.25, 0.3) is 11.3 Å². The molecule has 37 heavy (non-hydrogen) atoms. The Morgan fingerprint density at radius 1 is 1.00 bits per heavy atom. The van der Waals surface area contributed by atoms with E-state index >= 15 is 0 Å². The van der Waals surface area contributed by atoms with Gasteiger partial charge in [-0.25, -0.2) is 0 Å². The highest BCUT2D eigenvalue weighted by atomic mass is 31.2. The molecule has 0 aliphatic heterocycles. The number of aromatic nitrogens is 1. The fourth-order valence-corrected chi connectivity index (χ4v) is 5.58. The molecule has 196 valence electrons. The van der Waals surface area contributed by atoms with E-state index in [1.54, 1.807) is 0 Å². The fraction of sp³-hybridized carbons (Fsp3) is 0.367. The second-order valence-electron chi connectivity index (χ2n) is 9.98. The zero-order chi connectivity index (χ0) is 26.6. The minimum Gasteiger partial charge on any atom is -0.494 e. The maximum atomic E-state index is 10.9. The average molecular weight is 521 g/mol. The molecule has 1 aliphatic carbocycles. The summed E-state index contributed by atoms with van der Waals surface area (Å²) in [5.74, 6) is 0.782. The Balaban J connectivity index is 1.52. The molecule has 0 bridgehead atoms. The van der Waals surface area contributed by atoms with Crippen molar-refractivity contribution in [2.75, 3.05) is 12.8 Å². The smallest absolute Gasteiger partial charge is 0.325 e. The van der Waals surface area contributed by atoms with Gasteiger partial charge in [0.05, 0.1) is 12.0 Å². The van der Waals surface area contributed by atoms with Crippen molar-refractivity contribution in [2.24, 2.45) is 5.73 Å². The third-order valence-electron chi connectivity index (χ3n) is 7.03. The van der Waals surface area contributed by atoms with Crippen LogP contribution >= 0.6 is 7.60 Å². The average Bonchev–Trinajstić information content (AvgIpc) is 2.96. The van der Waals surface area contributed by atoms with Crippen LogP contribution in [0.15, 0.2) is 48.7 Å². The van der Waals surface area contributed by atoms with Crippen LogP contribution in [0.1, 0.15) is 54.9 Å². The number of ether oxygens (including phenoxy) is 1. The van der Waals surface area contributed by atoms with E-state index in [0.717, 1.165) is 53.3 Å². The monoisotopic (exact) mass is 520 g/mol. The highest BCUT2D eigenvalue weighted by molar-refractivity contribution is 7.51. The fourth-order valence-electron chi connectivity index (χ4n) is 4.94. The molecule has 0 spiro atoms. The predicted molar refractivity (Wildman–Crippen MR) is 148 cm³/mol. The predicted octanol–water partition coefficient (Wildman–Crippen LogP) is 4.14. The number of hydrogen-bond donors (Lipinski definition) is 3. The van der Waals surface area contributed by atoms with Crippen molar-refractivity contribution in [3.8, 4) is 5.75 Å². The van der Waals surface area contributed by atoms with Gasteiger partial charge in [0, 0.05) is 29.7 Å². The molecule has 0 amide bonds. The van der Waals surface area contributed by atoms with Gasteiger partial charge < -0.3 is 20.3 Å². The van der Waals surface area contributed by atoms with E-state index in [2.05, 4.69) is 51.1 Å². The van der Waals surface area contributed by atoms with Gasteiger partial charge in [-0.1, -0.05) is 42.3 Å². The van der Waals surface area contributed by atoms with E-state index in [0.29, 0.717) is 19.4 Å². The Bertz CT molecular complexity index is 1560. The summed E-state index contributed by atoms with van der Waals surface area (Å²) in [6.07, 6.45) is 6.39. The Kier molecular flexibility index (Phi) is 8.53. The van der Waals surface area contributed by atoms with Gasteiger partial charge in [0.2, 0.25) is 0 Å². The van der Waals surface area contributed by atoms with Gasteiger partial charge in [-0.3, -0.25) is 9.55 Å². The molecule has 1 aliphatic rings. The van der Waals surface area contributed by atoms with Crippen molar-refractivity contribution in [1.82, 2.24) is 4.98 Å². The summed E-state index contributed by atoms with van der Waals surface area (Å²) < 4.78 is 16.7. The summed E-state index contributed by atoms with van der Waals surface area (Å²) in [5.41, 5.74) is 13.6. The lowest BCUT2D eigenvalue weighted by molar-refractivity contribution is 0.306. The Morgan fingerprint density at radius 2 is 1.81 bits per heavy atom. The van der Waals surface area contributed by atoms with E-state index in [1.807, 2.05) is 18.3 Å². The van der Waals surface area contributed by atoms with Crippen LogP contribution in [-0.4, -0.2) is 27.5 Å². The van der Waals surface area contributed by atoms with Crippen molar-refractivity contribution in [3.63, 3.8) is 0 Å². The van der Waals surface area contributed by atoms with Crippen molar-refractivity contribution < 1.29 is 19.1 Å². The van der Waals surface area contributed by atoms with Gasteiger partial charge in [-0.05, 0) is 91.3 Å². The highest BCUT2D eigenvalue weighted by Crippen LogP contribution is 2.35. The van der Waals surface area contributed by atoms with Gasteiger partial charge in [0.15, 0.2) is 0 Å². The Hall–Kier alpha value is -2.92. The molecule has 4 N–H and O–H groups in total. The number of nitrogens with two attached hydrogens (primary N) is 1. The maximum absolute atomic E-state index is 10.9. The number of hydrogen-bond acceptors (Lipinski definition) is 4. The molecular formula is C30H37N2O4P. The maximum Gasteiger partial charge on any atom is 0.325 e. The topological polar surface area (TPSA) is 106 Å². The van der Waals surface area contributed by atoms with Gasteiger partial charge in [0.1, 0.15) is 5.75 Å². The van der Waals surface area contributed by atoms with Crippen LogP contribution in [0, 0.1) is 24.3 Å². The lowest BCUT2D eigenvalue weighted by Gasteiger charge is -2.11. The second kappa shape index (κ2) is 11.6. The lowest BCUT2D eigenvalue weighted by atomic mass is 10.0. The molecule has 0 saturated carbocycles. The van der Waals surface area contributed by atoms with Gasteiger partial charge in [-0.15, -0.1) is 0 Å². The van der Waals surface area contributed by atoms with E-state index in [4.69, 9.17) is 25.2 Å². The van der Waals surface area contributed by atoms with E-state index in [-0.39, 0.29) is 6.16 Å². The van der Waals surface area contributed by atoms with Gasteiger partial charge in [0.25, 0.3) is 0 Å². The number of pyridine rings is 1. The third-order valence-corrected chi connectivity index (χ3v) is 7.93. The first kappa shape index (κ1) is 27.1. The van der Waals surface area contributed by atoms with Crippen molar-refractivity contribution in [1.29, 1.82) is 0 Å². The molecular weight excluding hydrogens is 483 g/mol. The summed E-state index contributed by atoms with van der Waals surface area (Å²) >= 11 is 0. The summed E-state index contributed by atoms with van der Waals surface area (Å²) in [6, 6.07) is 15.0. The van der Waals surface area contributed by atoms with Crippen molar-refractivity contribution in [2.45, 2.75) is 59.3 Å². The van der Waals surface area contributed by atoms with E-state index in [1.165, 1.54) is 32.7 Å². The molecule has 4 rings (SSSR count). The number of benzene rings is 2. The summed E-state index contributed by atoms with van der Waals surface area (Å²) in [4.78, 5) is 22.7. The SMILES string of the molecule is CCC1=c2cc(C)ccc2=c2cc(CCc3ccc(OCCCCP(=O)(O)O)cc3C)cnc2=C(N)C1. The molecule has 0 radical (unpaired) electrons. The molecule has 0 fully saturated rings. The van der Waals surface area contributed by atoms with Crippen molar-refractivity contribution in [3.05, 3.63) is 91.9 Å². The quantitative estimate of drug-likeness (QED) is 0.274. The van der Waals surface area contributed by atoms with E-state index < -0.39 is 7.60 Å². The summed E-state index contributed by atoms with van der Waals surface area (Å²) in [5, 5.41) is 4.52. The van der Waals surface area contributed by atoms with Crippen LogP contribution in [0.3, 0.4) is 0 Å². The molecule has 6 nitrogen and oxygen atoms in total. The Labute approximate surface area is 218 Å². The first-order chi connectivity index (χ1) is 17.6. The van der Waals surface area contributed by atoms with Crippen LogP contribution in [0.4, 0.5) is 0 Å². The molecule has 7 heteroatoms. The first-order valence-electron chi connectivity index (χ1n) is 13.0. The normalized spacial score (nSPS) is 13.2. The minimum absolute atomic E-state index is 0.0975. The lowest BCUT2D eigenvalue weighted by Crippen LogP contribution is -2.19.